The number of aryl methyl sites for hydroxylation is 2. The van der Waals surface area contributed by atoms with Crippen molar-refractivity contribution in [3.05, 3.63) is 34.9 Å². The lowest BCUT2D eigenvalue weighted by Crippen LogP contribution is -2.07. The molecule has 1 N–H and O–H groups in total. The van der Waals surface area contributed by atoms with E-state index >= 15 is 0 Å². The molecule has 1 rings (SSSR count). The first kappa shape index (κ1) is 12.1. The second-order valence-corrected chi connectivity index (χ2v) is 3.86. The normalized spacial score (nSPS) is 11.8. The van der Waals surface area contributed by atoms with Crippen molar-refractivity contribution < 1.29 is 13.9 Å². The van der Waals surface area contributed by atoms with Crippen LogP contribution in [0.5, 0.6) is 0 Å². The van der Waals surface area contributed by atoms with Crippen LogP contribution in [0.3, 0.4) is 0 Å². The fourth-order valence-corrected chi connectivity index (χ4v) is 1.52. The van der Waals surface area contributed by atoms with Crippen molar-refractivity contribution in [1.82, 2.24) is 0 Å². The Morgan fingerprint density at radius 1 is 1.33 bits per heavy atom. The van der Waals surface area contributed by atoms with E-state index in [-0.39, 0.29) is 12.2 Å². The molecule has 1 aromatic rings. The van der Waals surface area contributed by atoms with E-state index in [0.29, 0.717) is 6.42 Å². The molecule has 0 atom stereocenters. The highest BCUT2D eigenvalue weighted by Crippen LogP contribution is 2.28. The SMILES string of the molecule is Cc1cc(C(C)(F)F)ccc1CCCO. The molecule has 0 aliphatic heterocycles. The Hall–Kier alpha value is -0.960. The Bertz CT molecular complexity index is 329. The molecule has 0 unspecified atom stereocenters. The van der Waals surface area contributed by atoms with E-state index in [2.05, 4.69) is 0 Å². The van der Waals surface area contributed by atoms with Crippen LogP contribution < -0.4 is 0 Å². The molecule has 0 spiro atoms. The average Bonchev–Trinajstić information content (AvgIpc) is 2.14. The molecule has 0 aliphatic rings. The summed E-state index contributed by atoms with van der Waals surface area (Å²) < 4.78 is 26.0. The van der Waals surface area contributed by atoms with Crippen LogP contribution in [-0.2, 0) is 12.3 Å². The van der Waals surface area contributed by atoms with E-state index in [1.807, 2.05) is 6.92 Å². The molecule has 0 saturated heterocycles. The molecular weight excluding hydrogens is 198 g/mol. The smallest absolute Gasteiger partial charge is 0.270 e. The van der Waals surface area contributed by atoms with Crippen LogP contribution in [0.25, 0.3) is 0 Å². The topological polar surface area (TPSA) is 20.2 Å². The van der Waals surface area contributed by atoms with Crippen LogP contribution in [0.4, 0.5) is 8.78 Å². The molecule has 1 nitrogen and oxygen atoms in total. The molecule has 0 aliphatic carbocycles. The number of rotatable bonds is 4. The van der Waals surface area contributed by atoms with Gasteiger partial charge in [-0.05, 0) is 37.0 Å². The predicted molar refractivity (Wildman–Crippen MR) is 56.2 cm³/mol. The number of aliphatic hydroxyl groups is 1. The molecule has 0 fully saturated rings. The fraction of sp³-hybridized carbons (Fsp3) is 0.500. The zero-order valence-corrected chi connectivity index (χ0v) is 9.06. The van der Waals surface area contributed by atoms with Crippen LogP contribution in [0.1, 0.15) is 30.0 Å². The van der Waals surface area contributed by atoms with Crippen LogP contribution in [0.15, 0.2) is 18.2 Å². The Morgan fingerprint density at radius 3 is 2.47 bits per heavy atom. The second-order valence-electron chi connectivity index (χ2n) is 3.86. The van der Waals surface area contributed by atoms with Gasteiger partial charge in [-0.15, -0.1) is 0 Å². The minimum Gasteiger partial charge on any atom is -0.396 e. The molecule has 0 radical (unpaired) electrons. The number of halogens is 2. The summed E-state index contributed by atoms with van der Waals surface area (Å²) in [6.07, 6.45) is 1.40. The largest absolute Gasteiger partial charge is 0.396 e. The zero-order chi connectivity index (χ0) is 11.5. The summed E-state index contributed by atoms with van der Waals surface area (Å²) in [5.41, 5.74) is 1.94. The monoisotopic (exact) mass is 214 g/mol. The van der Waals surface area contributed by atoms with E-state index in [0.717, 1.165) is 24.5 Å². The van der Waals surface area contributed by atoms with E-state index in [9.17, 15) is 8.78 Å². The molecule has 0 saturated carbocycles. The highest BCUT2D eigenvalue weighted by molar-refractivity contribution is 5.33. The Morgan fingerprint density at radius 2 is 2.00 bits per heavy atom. The molecule has 3 heteroatoms. The maximum absolute atomic E-state index is 13.0. The number of benzene rings is 1. The van der Waals surface area contributed by atoms with Crippen molar-refractivity contribution in [2.45, 2.75) is 32.6 Å². The molecule has 0 heterocycles. The lowest BCUT2D eigenvalue weighted by molar-refractivity contribution is 0.0174. The van der Waals surface area contributed by atoms with Gasteiger partial charge in [0.05, 0.1) is 0 Å². The van der Waals surface area contributed by atoms with Crippen molar-refractivity contribution in [3.63, 3.8) is 0 Å². The molecule has 0 aromatic heterocycles. The number of aliphatic hydroxyl groups excluding tert-OH is 1. The maximum Gasteiger partial charge on any atom is 0.270 e. The van der Waals surface area contributed by atoms with Crippen LogP contribution in [-0.4, -0.2) is 11.7 Å². The summed E-state index contributed by atoms with van der Waals surface area (Å²) in [4.78, 5) is 0. The van der Waals surface area contributed by atoms with Gasteiger partial charge in [0.2, 0.25) is 0 Å². The van der Waals surface area contributed by atoms with Gasteiger partial charge >= 0.3 is 0 Å². The lowest BCUT2D eigenvalue weighted by Gasteiger charge is -2.13. The summed E-state index contributed by atoms with van der Waals surface area (Å²) in [7, 11) is 0. The van der Waals surface area contributed by atoms with Gasteiger partial charge in [0, 0.05) is 19.1 Å². The fourth-order valence-electron chi connectivity index (χ4n) is 1.52. The summed E-state index contributed by atoms with van der Waals surface area (Å²) in [6, 6.07) is 4.70. The summed E-state index contributed by atoms with van der Waals surface area (Å²) in [5, 5.41) is 8.68. The van der Waals surface area contributed by atoms with Crippen molar-refractivity contribution in [1.29, 1.82) is 0 Å². The van der Waals surface area contributed by atoms with E-state index in [4.69, 9.17) is 5.11 Å². The third-order valence-corrected chi connectivity index (χ3v) is 2.45. The molecule has 15 heavy (non-hydrogen) atoms. The standard InChI is InChI=1S/C12H16F2O/c1-9-8-11(12(2,13)14)6-5-10(9)4-3-7-15/h5-6,8,15H,3-4,7H2,1-2H3. The average molecular weight is 214 g/mol. The first-order chi connectivity index (χ1) is 6.95. The Labute approximate surface area is 88.7 Å². The highest BCUT2D eigenvalue weighted by Gasteiger charge is 2.24. The first-order valence-electron chi connectivity index (χ1n) is 5.04. The highest BCUT2D eigenvalue weighted by atomic mass is 19.3. The second kappa shape index (κ2) is 4.71. The quantitative estimate of drug-likeness (QED) is 0.816. The van der Waals surface area contributed by atoms with Gasteiger partial charge in [-0.1, -0.05) is 12.1 Å². The third-order valence-electron chi connectivity index (χ3n) is 2.45. The Balaban J connectivity index is 2.88. The molecule has 0 bridgehead atoms. The molecule has 1 aromatic carbocycles. The minimum atomic E-state index is -2.78. The summed E-state index contributed by atoms with van der Waals surface area (Å²) in [5.74, 6) is -2.78. The summed E-state index contributed by atoms with van der Waals surface area (Å²) in [6.45, 7) is 2.85. The number of alkyl halides is 2. The van der Waals surface area contributed by atoms with Crippen molar-refractivity contribution in [3.8, 4) is 0 Å². The van der Waals surface area contributed by atoms with Crippen LogP contribution in [0, 0.1) is 6.92 Å². The van der Waals surface area contributed by atoms with Gasteiger partial charge in [-0.3, -0.25) is 0 Å². The minimum absolute atomic E-state index is 0.0488. The summed E-state index contributed by atoms with van der Waals surface area (Å²) >= 11 is 0. The van der Waals surface area contributed by atoms with Gasteiger partial charge in [0.15, 0.2) is 0 Å². The number of hydrogen-bond acceptors (Lipinski definition) is 1. The van der Waals surface area contributed by atoms with Crippen molar-refractivity contribution in [2.75, 3.05) is 6.61 Å². The van der Waals surface area contributed by atoms with Gasteiger partial charge in [-0.2, -0.15) is 0 Å². The predicted octanol–water partition coefficient (Wildman–Crippen LogP) is 3.03. The molecule has 0 amide bonds. The third kappa shape index (κ3) is 3.27. The molecule has 84 valence electrons. The zero-order valence-electron chi connectivity index (χ0n) is 9.06. The maximum atomic E-state index is 13.0. The van der Waals surface area contributed by atoms with Crippen LogP contribution >= 0.6 is 0 Å². The van der Waals surface area contributed by atoms with E-state index in [1.165, 1.54) is 12.1 Å². The molecular formula is C12H16F2O. The first-order valence-corrected chi connectivity index (χ1v) is 5.04. The van der Waals surface area contributed by atoms with E-state index in [1.54, 1.807) is 6.07 Å². The van der Waals surface area contributed by atoms with Crippen molar-refractivity contribution >= 4 is 0 Å². The van der Waals surface area contributed by atoms with Crippen LogP contribution in [0.2, 0.25) is 0 Å². The Kier molecular flexibility index (Phi) is 3.80. The van der Waals surface area contributed by atoms with Gasteiger partial charge in [0.25, 0.3) is 5.92 Å². The van der Waals surface area contributed by atoms with Gasteiger partial charge < -0.3 is 5.11 Å². The number of hydrogen-bond donors (Lipinski definition) is 1. The van der Waals surface area contributed by atoms with Crippen molar-refractivity contribution in [2.24, 2.45) is 0 Å². The van der Waals surface area contributed by atoms with Gasteiger partial charge in [0.1, 0.15) is 0 Å². The lowest BCUT2D eigenvalue weighted by atomic mass is 9.99. The van der Waals surface area contributed by atoms with Gasteiger partial charge in [-0.25, -0.2) is 8.78 Å². The van der Waals surface area contributed by atoms with E-state index < -0.39 is 5.92 Å².